The first-order chi connectivity index (χ1) is 18.2. The Bertz CT molecular complexity index is 1480. The van der Waals surface area contributed by atoms with Crippen LogP contribution in [0.4, 0.5) is 17.6 Å². The van der Waals surface area contributed by atoms with Gasteiger partial charge in [-0.25, -0.2) is 4.39 Å². The maximum absolute atomic E-state index is 15.0. The summed E-state index contributed by atoms with van der Waals surface area (Å²) in [7, 11) is 0. The van der Waals surface area contributed by atoms with E-state index in [0.29, 0.717) is 30.4 Å². The summed E-state index contributed by atoms with van der Waals surface area (Å²) in [5.41, 5.74) is -0.813. The van der Waals surface area contributed by atoms with Gasteiger partial charge in [-0.1, -0.05) is 6.07 Å². The average Bonchev–Trinajstić information content (AvgIpc) is 2.91. The van der Waals surface area contributed by atoms with Crippen molar-refractivity contribution in [3.8, 4) is 22.6 Å². The van der Waals surface area contributed by atoms with Crippen LogP contribution < -0.4 is 4.74 Å². The Morgan fingerprint density at radius 3 is 2.42 bits per heavy atom. The number of aromatic hydroxyl groups is 1. The average molecular weight is 527 g/mol. The highest BCUT2D eigenvalue weighted by Crippen LogP contribution is 2.37. The summed E-state index contributed by atoms with van der Waals surface area (Å²) in [6, 6.07) is 12.5. The zero-order valence-electron chi connectivity index (χ0n) is 19.8. The van der Waals surface area contributed by atoms with Gasteiger partial charge < -0.3 is 19.3 Å². The highest BCUT2D eigenvalue weighted by Gasteiger charge is 2.32. The molecule has 0 saturated carbocycles. The molecule has 1 aliphatic heterocycles. The molecule has 3 aromatic carbocycles. The van der Waals surface area contributed by atoms with Gasteiger partial charge in [-0.05, 0) is 55.0 Å². The van der Waals surface area contributed by atoms with E-state index in [4.69, 9.17) is 14.2 Å². The van der Waals surface area contributed by atoms with Gasteiger partial charge in [0.05, 0.1) is 24.3 Å². The molecule has 0 unspecified atom stereocenters. The molecule has 1 aromatic heterocycles. The molecule has 5 rings (SSSR count). The van der Waals surface area contributed by atoms with Crippen LogP contribution in [0, 0.1) is 5.82 Å². The summed E-state index contributed by atoms with van der Waals surface area (Å²) in [5.74, 6) is -1.28. The number of fused-ring (bicyclic) bond motifs is 1. The Kier molecular flexibility index (Phi) is 7.00. The van der Waals surface area contributed by atoms with Crippen molar-refractivity contribution < 1.29 is 41.7 Å². The zero-order valence-corrected chi connectivity index (χ0v) is 19.8. The van der Waals surface area contributed by atoms with Gasteiger partial charge in [0.1, 0.15) is 23.9 Å². The van der Waals surface area contributed by atoms with Crippen LogP contribution in [0.25, 0.3) is 22.0 Å². The van der Waals surface area contributed by atoms with E-state index in [2.05, 4.69) is 4.98 Å². The highest BCUT2D eigenvalue weighted by atomic mass is 19.4. The molecule has 38 heavy (non-hydrogen) atoms. The number of hydrogen-bond acceptors (Lipinski definition) is 6. The fourth-order valence-corrected chi connectivity index (χ4v) is 4.18. The van der Waals surface area contributed by atoms with Crippen molar-refractivity contribution in [3.05, 3.63) is 89.4 Å². The van der Waals surface area contributed by atoms with Crippen LogP contribution in [0.1, 0.15) is 27.9 Å². The van der Waals surface area contributed by atoms with Crippen molar-refractivity contribution in [3.63, 3.8) is 0 Å². The number of nitrogens with zero attached hydrogens (tertiary/aromatic N) is 1. The van der Waals surface area contributed by atoms with Crippen LogP contribution in [0.3, 0.4) is 0 Å². The fourth-order valence-electron chi connectivity index (χ4n) is 4.18. The van der Waals surface area contributed by atoms with Gasteiger partial charge in [0.25, 0.3) is 0 Å². The number of benzene rings is 3. The van der Waals surface area contributed by atoms with Gasteiger partial charge in [0.15, 0.2) is 12.1 Å². The van der Waals surface area contributed by atoms with E-state index < -0.39 is 29.6 Å². The van der Waals surface area contributed by atoms with Crippen molar-refractivity contribution in [2.75, 3.05) is 19.8 Å². The monoisotopic (exact) mass is 527 g/mol. The molecule has 0 aliphatic carbocycles. The molecule has 4 aromatic rings. The van der Waals surface area contributed by atoms with Gasteiger partial charge >= 0.3 is 6.18 Å². The number of phenols is 1. The second-order valence-electron chi connectivity index (χ2n) is 8.63. The van der Waals surface area contributed by atoms with E-state index in [0.717, 1.165) is 18.6 Å². The number of rotatable bonds is 6. The van der Waals surface area contributed by atoms with E-state index >= 15 is 0 Å². The number of phenolic OH excluding ortho intramolecular Hbond substituents is 1. The SMILES string of the molecule is O=C(c1ccc(OCC2OCCCO2)cc1)c1c(-c2ccc(C(F)(F)F)cc2F)cnc2cc(O)ccc12. The predicted octanol–water partition coefficient (Wildman–Crippen LogP) is 6.14. The molecule has 0 radical (unpaired) electrons. The van der Waals surface area contributed by atoms with Crippen molar-refractivity contribution in [2.45, 2.75) is 18.9 Å². The lowest BCUT2D eigenvalue weighted by atomic mass is 9.91. The number of carbonyl (C=O) groups excluding carboxylic acids is 1. The molecule has 1 fully saturated rings. The summed E-state index contributed by atoms with van der Waals surface area (Å²) < 4.78 is 70.8. The number of aromatic nitrogens is 1. The van der Waals surface area contributed by atoms with E-state index in [1.54, 1.807) is 12.1 Å². The minimum absolute atomic E-state index is 0.0198. The van der Waals surface area contributed by atoms with Crippen LogP contribution in [-0.4, -0.2) is 42.0 Å². The Labute approximate surface area is 214 Å². The smallest absolute Gasteiger partial charge is 0.416 e. The lowest BCUT2D eigenvalue weighted by molar-refractivity contribution is -0.191. The van der Waals surface area contributed by atoms with Crippen LogP contribution in [0.15, 0.2) is 66.9 Å². The normalized spacial score (nSPS) is 14.5. The Hall–Kier alpha value is -4.02. The number of alkyl halides is 3. The first-order valence-corrected chi connectivity index (χ1v) is 11.7. The fraction of sp³-hybridized carbons (Fsp3) is 0.214. The zero-order chi connectivity index (χ0) is 26.9. The number of halogens is 4. The maximum Gasteiger partial charge on any atom is 0.416 e. The summed E-state index contributed by atoms with van der Waals surface area (Å²) in [6.45, 7) is 1.34. The number of pyridine rings is 1. The van der Waals surface area contributed by atoms with Gasteiger partial charge in [-0.3, -0.25) is 9.78 Å². The van der Waals surface area contributed by atoms with Crippen molar-refractivity contribution >= 4 is 16.7 Å². The minimum atomic E-state index is -4.73. The molecule has 0 spiro atoms. The van der Waals surface area contributed by atoms with Crippen LogP contribution in [-0.2, 0) is 15.7 Å². The molecule has 1 saturated heterocycles. The molecular weight excluding hydrogens is 506 g/mol. The first-order valence-electron chi connectivity index (χ1n) is 11.7. The molecule has 10 heteroatoms. The van der Waals surface area contributed by atoms with Gasteiger partial charge in [-0.2, -0.15) is 13.2 Å². The molecule has 6 nitrogen and oxygen atoms in total. The summed E-state index contributed by atoms with van der Waals surface area (Å²) in [5, 5.41) is 10.2. The van der Waals surface area contributed by atoms with Gasteiger partial charge in [0, 0.05) is 39.9 Å². The molecule has 0 bridgehead atoms. The Balaban J connectivity index is 1.51. The predicted molar refractivity (Wildman–Crippen MR) is 129 cm³/mol. The largest absolute Gasteiger partial charge is 0.508 e. The highest BCUT2D eigenvalue weighted by molar-refractivity contribution is 6.19. The number of ketones is 1. The number of hydrogen-bond donors (Lipinski definition) is 1. The molecule has 0 atom stereocenters. The van der Waals surface area contributed by atoms with Gasteiger partial charge in [-0.15, -0.1) is 0 Å². The topological polar surface area (TPSA) is 77.9 Å². The van der Waals surface area contributed by atoms with E-state index in [9.17, 15) is 27.5 Å². The molecule has 1 N–H and O–H groups in total. The van der Waals surface area contributed by atoms with Crippen molar-refractivity contribution in [1.82, 2.24) is 4.98 Å². The second kappa shape index (κ2) is 10.4. The number of ether oxygens (including phenoxy) is 3. The van der Waals surface area contributed by atoms with Crippen molar-refractivity contribution in [1.29, 1.82) is 0 Å². The molecule has 196 valence electrons. The Morgan fingerprint density at radius 2 is 1.74 bits per heavy atom. The molecule has 2 heterocycles. The minimum Gasteiger partial charge on any atom is -0.508 e. The summed E-state index contributed by atoms with van der Waals surface area (Å²) in [6.07, 6.45) is -3.18. The van der Waals surface area contributed by atoms with E-state index in [1.165, 1.54) is 36.5 Å². The maximum atomic E-state index is 15.0. The molecular formula is C28H21F4NO5. The lowest BCUT2D eigenvalue weighted by Gasteiger charge is -2.23. The molecule has 0 amide bonds. The van der Waals surface area contributed by atoms with Crippen LogP contribution in [0.2, 0.25) is 0 Å². The molecule has 1 aliphatic rings. The third-order valence-corrected chi connectivity index (χ3v) is 6.07. The third-order valence-electron chi connectivity index (χ3n) is 6.07. The third kappa shape index (κ3) is 5.32. The van der Waals surface area contributed by atoms with Crippen LogP contribution in [0.5, 0.6) is 11.5 Å². The van der Waals surface area contributed by atoms with E-state index in [-0.39, 0.29) is 40.1 Å². The standard InChI is InChI=1S/C28H21F4NO5/c29-23-12-17(28(30,31)32)4-8-20(23)22-14-33-24-13-18(34)5-9-21(24)26(22)27(35)16-2-6-19(7-3-16)38-15-25-36-10-1-11-37-25/h2-9,12-14,25,34H,1,10-11,15H2. The quantitative estimate of drug-likeness (QED) is 0.240. The summed E-state index contributed by atoms with van der Waals surface area (Å²) in [4.78, 5) is 17.9. The Morgan fingerprint density at radius 1 is 1.00 bits per heavy atom. The van der Waals surface area contributed by atoms with E-state index in [1.807, 2.05) is 0 Å². The van der Waals surface area contributed by atoms with Crippen molar-refractivity contribution in [2.24, 2.45) is 0 Å². The first kappa shape index (κ1) is 25.6. The van der Waals surface area contributed by atoms with Gasteiger partial charge in [0.2, 0.25) is 0 Å². The summed E-state index contributed by atoms with van der Waals surface area (Å²) >= 11 is 0. The number of carbonyl (C=O) groups is 1. The van der Waals surface area contributed by atoms with Crippen LogP contribution >= 0.6 is 0 Å². The second-order valence-corrected chi connectivity index (χ2v) is 8.63. The lowest BCUT2D eigenvalue weighted by Crippen LogP contribution is -2.30.